The number of amides is 1. The van der Waals surface area contributed by atoms with Crippen LogP contribution in [0.25, 0.3) is 11.1 Å². The van der Waals surface area contributed by atoms with Gasteiger partial charge in [-0.1, -0.05) is 30.3 Å². The zero-order valence-corrected chi connectivity index (χ0v) is 21.2. The van der Waals surface area contributed by atoms with Gasteiger partial charge in [-0.3, -0.25) is 4.79 Å². The van der Waals surface area contributed by atoms with E-state index in [1.54, 1.807) is 18.3 Å². The molecule has 3 heterocycles. The van der Waals surface area contributed by atoms with Crippen LogP contribution >= 0.6 is 0 Å². The number of nitrogens with zero attached hydrogens (tertiary/aromatic N) is 2. The second-order valence-corrected chi connectivity index (χ2v) is 9.95. The van der Waals surface area contributed by atoms with Crippen LogP contribution in [0.4, 0.5) is 13.2 Å². The Hall–Kier alpha value is -3.30. The van der Waals surface area contributed by atoms with Gasteiger partial charge in [-0.15, -0.1) is 0 Å². The average Bonchev–Trinajstić information content (AvgIpc) is 3.48. The number of hydrogen-bond acceptors (Lipinski definition) is 5. The summed E-state index contributed by atoms with van der Waals surface area (Å²) in [4.78, 5) is 21.8. The highest BCUT2D eigenvalue weighted by Gasteiger charge is 2.32. The first-order chi connectivity index (χ1) is 18.3. The summed E-state index contributed by atoms with van der Waals surface area (Å²) in [6.45, 7) is 4.04. The van der Waals surface area contributed by atoms with Gasteiger partial charge in [-0.25, -0.2) is 9.97 Å². The van der Waals surface area contributed by atoms with E-state index in [4.69, 9.17) is 4.74 Å². The number of hydrogen-bond donors (Lipinski definition) is 2. The van der Waals surface area contributed by atoms with Gasteiger partial charge in [0.15, 0.2) is 0 Å². The van der Waals surface area contributed by atoms with E-state index in [1.165, 1.54) is 6.07 Å². The normalized spacial score (nSPS) is 19.3. The molecule has 2 saturated heterocycles. The first-order valence-corrected chi connectivity index (χ1v) is 13.1. The van der Waals surface area contributed by atoms with E-state index in [9.17, 15) is 18.0 Å². The number of rotatable bonds is 6. The van der Waals surface area contributed by atoms with Crippen LogP contribution in [0.2, 0.25) is 0 Å². The Morgan fingerprint density at radius 2 is 1.84 bits per heavy atom. The first-order valence-electron chi connectivity index (χ1n) is 13.1. The second-order valence-electron chi connectivity index (χ2n) is 9.95. The third kappa shape index (κ3) is 5.89. The fourth-order valence-corrected chi connectivity index (χ4v) is 5.19. The van der Waals surface area contributed by atoms with E-state index in [1.807, 2.05) is 31.2 Å². The Kier molecular flexibility index (Phi) is 7.76. The maximum absolute atomic E-state index is 13.5. The molecular formula is C29H31F3N4O2. The fraction of sp³-hybridized carbons (Fsp3) is 0.414. The first kappa shape index (κ1) is 26.3. The van der Waals surface area contributed by atoms with Crippen molar-refractivity contribution >= 4 is 5.91 Å². The standard InChI is InChI=1S/C29H31F3N4O2/c1-18(35-28(37)26-10-14-34-27(36-26)21-11-15-38-16-12-21)19-4-6-20(7-5-19)24-17-22(29(30,31)32)8-9-23(24)25-3-2-13-33-25/h4-10,14,17-18,21,25,33H,2-3,11-13,15-16H2,1H3,(H,35,37)/t18-,25?/m1/s1. The summed E-state index contributed by atoms with van der Waals surface area (Å²) in [5, 5.41) is 6.36. The van der Waals surface area contributed by atoms with E-state index in [0.29, 0.717) is 35.9 Å². The zero-order valence-electron chi connectivity index (χ0n) is 21.2. The minimum Gasteiger partial charge on any atom is -0.381 e. The van der Waals surface area contributed by atoms with Crippen LogP contribution < -0.4 is 10.6 Å². The largest absolute Gasteiger partial charge is 0.416 e. The molecule has 6 nitrogen and oxygen atoms in total. The molecule has 3 aromatic rings. The summed E-state index contributed by atoms with van der Waals surface area (Å²) >= 11 is 0. The molecule has 0 spiro atoms. The predicted octanol–water partition coefficient (Wildman–Crippen LogP) is 5.97. The van der Waals surface area contributed by atoms with E-state index in [-0.39, 0.29) is 23.9 Å². The van der Waals surface area contributed by atoms with E-state index in [0.717, 1.165) is 49.4 Å². The van der Waals surface area contributed by atoms with Gasteiger partial charge in [0.2, 0.25) is 0 Å². The van der Waals surface area contributed by atoms with Crippen molar-refractivity contribution in [2.75, 3.05) is 19.8 Å². The molecule has 0 saturated carbocycles. The summed E-state index contributed by atoms with van der Waals surface area (Å²) in [5.74, 6) is 0.540. The molecule has 1 unspecified atom stereocenters. The Bertz CT molecular complexity index is 1270. The number of benzene rings is 2. The van der Waals surface area contributed by atoms with Gasteiger partial charge in [0.05, 0.1) is 11.6 Å². The van der Waals surface area contributed by atoms with Crippen LogP contribution in [0, 0.1) is 0 Å². The van der Waals surface area contributed by atoms with E-state index < -0.39 is 11.7 Å². The van der Waals surface area contributed by atoms with E-state index in [2.05, 4.69) is 20.6 Å². The minimum atomic E-state index is -4.42. The SMILES string of the molecule is C[C@@H](NC(=O)c1ccnc(C2CCOCC2)n1)c1ccc(-c2cc(C(F)(F)F)ccc2C2CCCN2)cc1. The number of carbonyl (C=O) groups is 1. The van der Waals surface area contributed by atoms with Gasteiger partial charge < -0.3 is 15.4 Å². The minimum absolute atomic E-state index is 0.0315. The number of ether oxygens (including phenoxy) is 1. The average molecular weight is 525 g/mol. The van der Waals surface area contributed by atoms with Gasteiger partial charge in [0.25, 0.3) is 5.91 Å². The molecule has 2 atom stereocenters. The Labute approximate surface area is 220 Å². The third-order valence-corrected chi connectivity index (χ3v) is 7.38. The van der Waals surface area contributed by atoms with Crippen LogP contribution in [0.1, 0.15) is 83.6 Å². The lowest BCUT2D eigenvalue weighted by Crippen LogP contribution is -2.28. The van der Waals surface area contributed by atoms with Crippen LogP contribution in [0.3, 0.4) is 0 Å². The number of nitrogens with one attached hydrogen (secondary N) is 2. The molecule has 2 aromatic carbocycles. The van der Waals surface area contributed by atoms with Gasteiger partial charge in [0.1, 0.15) is 11.5 Å². The zero-order chi connectivity index (χ0) is 26.7. The smallest absolute Gasteiger partial charge is 0.381 e. The molecule has 0 radical (unpaired) electrons. The number of carbonyl (C=O) groups excluding carboxylic acids is 1. The van der Waals surface area contributed by atoms with Crippen LogP contribution in [-0.2, 0) is 10.9 Å². The molecular weight excluding hydrogens is 493 g/mol. The number of halogens is 3. The monoisotopic (exact) mass is 524 g/mol. The molecule has 1 amide bonds. The van der Waals surface area contributed by atoms with Crippen molar-refractivity contribution < 1.29 is 22.7 Å². The van der Waals surface area contributed by atoms with Gasteiger partial charge in [-0.2, -0.15) is 13.2 Å². The lowest BCUT2D eigenvalue weighted by atomic mass is 9.91. The molecule has 0 aliphatic carbocycles. The van der Waals surface area contributed by atoms with Crippen molar-refractivity contribution in [3.8, 4) is 11.1 Å². The molecule has 2 fully saturated rings. The van der Waals surface area contributed by atoms with Crippen molar-refractivity contribution in [3.63, 3.8) is 0 Å². The Balaban J connectivity index is 1.33. The highest BCUT2D eigenvalue weighted by Crippen LogP contribution is 2.38. The Morgan fingerprint density at radius 1 is 1.08 bits per heavy atom. The molecule has 9 heteroatoms. The third-order valence-electron chi connectivity index (χ3n) is 7.38. The number of alkyl halides is 3. The molecule has 5 rings (SSSR count). The van der Waals surface area contributed by atoms with Crippen molar-refractivity contribution in [2.24, 2.45) is 0 Å². The number of aromatic nitrogens is 2. The maximum Gasteiger partial charge on any atom is 0.416 e. The van der Waals surface area contributed by atoms with Crippen LogP contribution in [0.15, 0.2) is 54.7 Å². The summed E-state index contributed by atoms with van der Waals surface area (Å²) in [5.41, 5.74) is 2.64. The summed E-state index contributed by atoms with van der Waals surface area (Å²) in [6, 6.07) is 12.6. The second kappa shape index (κ2) is 11.2. The van der Waals surface area contributed by atoms with Crippen LogP contribution in [0.5, 0.6) is 0 Å². The fourth-order valence-electron chi connectivity index (χ4n) is 5.19. The lowest BCUT2D eigenvalue weighted by molar-refractivity contribution is -0.137. The topological polar surface area (TPSA) is 76.1 Å². The molecule has 1 aromatic heterocycles. The molecule has 0 bridgehead atoms. The lowest BCUT2D eigenvalue weighted by Gasteiger charge is -2.21. The van der Waals surface area contributed by atoms with Crippen molar-refractivity contribution in [1.82, 2.24) is 20.6 Å². The van der Waals surface area contributed by atoms with E-state index >= 15 is 0 Å². The summed E-state index contributed by atoms with van der Waals surface area (Å²) in [6.07, 6.45) is 0.734. The molecule has 2 aliphatic rings. The van der Waals surface area contributed by atoms with Crippen LogP contribution in [-0.4, -0.2) is 35.6 Å². The summed E-state index contributed by atoms with van der Waals surface area (Å²) in [7, 11) is 0. The molecule has 2 N–H and O–H groups in total. The van der Waals surface area contributed by atoms with Crippen molar-refractivity contribution in [1.29, 1.82) is 0 Å². The maximum atomic E-state index is 13.5. The molecule has 200 valence electrons. The molecule has 38 heavy (non-hydrogen) atoms. The van der Waals surface area contributed by atoms with Crippen molar-refractivity contribution in [3.05, 3.63) is 82.9 Å². The molecule has 2 aliphatic heterocycles. The van der Waals surface area contributed by atoms with Gasteiger partial charge in [-0.05, 0) is 79.6 Å². The van der Waals surface area contributed by atoms with Gasteiger partial charge in [0, 0.05) is 31.4 Å². The summed E-state index contributed by atoms with van der Waals surface area (Å²) < 4.78 is 45.9. The predicted molar refractivity (Wildman–Crippen MR) is 138 cm³/mol. The highest BCUT2D eigenvalue weighted by molar-refractivity contribution is 5.92. The quantitative estimate of drug-likeness (QED) is 0.416. The van der Waals surface area contributed by atoms with Gasteiger partial charge >= 0.3 is 6.18 Å². The Morgan fingerprint density at radius 3 is 2.53 bits per heavy atom. The van der Waals surface area contributed by atoms with Crippen molar-refractivity contribution in [2.45, 2.75) is 56.8 Å². The highest BCUT2D eigenvalue weighted by atomic mass is 19.4.